The summed E-state index contributed by atoms with van der Waals surface area (Å²) in [6.07, 6.45) is 2.08. The Morgan fingerprint density at radius 3 is 2.53 bits per heavy atom. The quantitative estimate of drug-likeness (QED) is 0.912. The summed E-state index contributed by atoms with van der Waals surface area (Å²) < 4.78 is 0. The zero-order valence-electron chi connectivity index (χ0n) is 11.1. The van der Waals surface area contributed by atoms with Crippen LogP contribution in [0.25, 0.3) is 0 Å². The third-order valence-electron chi connectivity index (χ3n) is 2.96. The van der Waals surface area contributed by atoms with Crippen LogP contribution in [0.2, 0.25) is 0 Å². The van der Waals surface area contributed by atoms with Crippen molar-refractivity contribution in [2.24, 2.45) is 0 Å². The Kier molecular flexibility index (Phi) is 4.13. The van der Waals surface area contributed by atoms with Crippen molar-refractivity contribution in [1.82, 2.24) is 4.98 Å². The Balaban J connectivity index is 2.06. The summed E-state index contributed by atoms with van der Waals surface area (Å²) in [6, 6.07) is 13.4. The molecule has 0 unspecified atom stereocenters. The number of carbonyl (C=O) groups excluding carboxylic acids is 1. The first kappa shape index (κ1) is 13.1. The van der Waals surface area contributed by atoms with Crippen molar-refractivity contribution in [2.75, 3.05) is 24.3 Å². The lowest BCUT2D eigenvalue weighted by Gasteiger charge is -2.17. The number of anilines is 2. The Morgan fingerprint density at radius 2 is 1.95 bits per heavy atom. The van der Waals surface area contributed by atoms with Gasteiger partial charge in [-0.2, -0.15) is 0 Å². The lowest BCUT2D eigenvalue weighted by Crippen LogP contribution is -2.27. The normalized spacial score (nSPS) is 10.0. The van der Waals surface area contributed by atoms with E-state index in [2.05, 4.69) is 10.3 Å². The van der Waals surface area contributed by atoms with Crippen LogP contribution < -0.4 is 10.2 Å². The number of likely N-dealkylation sites (N-methyl/N-ethyl adjacent to an activating group) is 1. The second-order valence-corrected chi connectivity index (χ2v) is 4.27. The molecule has 0 atom stereocenters. The summed E-state index contributed by atoms with van der Waals surface area (Å²) in [5.74, 6) is 0.831. The average Bonchev–Trinajstić information content (AvgIpc) is 2.47. The van der Waals surface area contributed by atoms with Gasteiger partial charge in [0.2, 0.25) is 5.91 Å². The summed E-state index contributed by atoms with van der Waals surface area (Å²) in [6.45, 7) is 0. The molecular weight excluding hydrogens is 238 g/mol. The third kappa shape index (κ3) is 3.31. The molecule has 19 heavy (non-hydrogen) atoms. The molecule has 0 radical (unpaired) electrons. The van der Waals surface area contributed by atoms with Gasteiger partial charge in [-0.1, -0.05) is 30.3 Å². The summed E-state index contributed by atoms with van der Waals surface area (Å²) in [5.41, 5.74) is 1.80. The second-order valence-electron chi connectivity index (χ2n) is 4.27. The van der Waals surface area contributed by atoms with Crippen LogP contribution in [0.15, 0.2) is 48.7 Å². The van der Waals surface area contributed by atoms with Crippen molar-refractivity contribution in [3.05, 3.63) is 54.2 Å². The number of aromatic nitrogens is 1. The minimum Gasteiger partial charge on any atom is -0.373 e. The molecule has 0 aliphatic carbocycles. The fourth-order valence-corrected chi connectivity index (χ4v) is 1.77. The van der Waals surface area contributed by atoms with E-state index < -0.39 is 0 Å². The van der Waals surface area contributed by atoms with Gasteiger partial charge in [0.25, 0.3) is 0 Å². The minimum atomic E-state index is 0.0465. The van der Waals surface area contributed by atoms with E-state index in [0.29, 0.717) is 6.42 Å². The number of nitrogens with one attached hydrogen (secondary N) is 1. The number of benzene rings is 1. The van der Waals surface area contributed by atoms with Crippen molar-refractivity contribution in [3.8, 4) is 0 Å². The molecule has 0 aliphatic rings. The lowest BCUT2D eigenvalue weighted by atomic mass is 10.1. The number of carbonyl (C=O) groups is 1. The smallest absolute Gasteiger partial charge is 0.231 e. The topological polar surface area (TPSA) is 45.2 Å². The zero-order chi connectivity index (χ0) is 13.7. The molecule has 1 aromatic carbocycles. The molecule has 0 aliphatic heterocycles. The summed E-state index contributed by atoms with van der Waals surface area (Å²) in [7, 11) is 3.58. The van der Waals surface area contributed by atoms with Crippen molar-refractivity contribution in [1.29, 1.82) is 0 Å². The van der Waals surface area contributed by atoms with Crippen molar-refractivity contribution in [2.45, 2.75) is 6.42 Å². The number of hydrogen-bond donors (Lipinski definition) is 1. The Bertz CT molecular complexity index is 537. The fraction of sp³-hybridized carbons (Fsp3) is 0.200. The standard InChI is InChI=1S/C15H17N3O/c1-16-14-9-8-13(11-17-14)18(2)15(19)10-12-6-4-3-5-7-12/h3-9,11H,10H2,1-2H3,(H,16,17). The fourth-order valence-electron chi connectivity index (χ4n) is 1.77. The highest BCUT2D eigenvalue weighted by atomic mass is 16.2. The van der Waals surface area contributed by atoms with Gasteiger partial charge in [0.15, 0.2) is 0 Å². The molecule has 0 saturated heterocycles. The number of pyridine rings is 1. The highest BCUT2D eigenvalue weighted by Crippen LogP contribution is 2.14. The van der Waals surface area contributed by atoms with E-state index in [-0.39, 0.29) is 5.91 Å². The number of rotatable bonds is 4. The van der Waals surface area contributed by atoms with Crippen LogP contribution in [0, 0.1) is 0 Å². The molecule has 0 spiro atoms. The van der Waals surface area contributed by atoms with Crippen LogP contribution in [0.4, 0.5) is 11.5 Å². The molecule has 98 valence electrons. The second kappa shape index (κ2) is 6.00. The highest BCUT2D eigenvalue weighted by Gasteiger charge is 2.11. The largest absolute Gasteiger partial charge is 0.373 e. The van der Waals surface area contributed by atoms with E-state index in [1.807, 2.05) is 49.5 Å². The molecule has 0 fully saturated rings. The number of hydrogen-bond acceptors (Lipinski definition) is 3. The van der Waals surface area contributed by atoms with Crippen LogP contribution in [0.5, 0.6) is 0 Å². The van der Waals surface area contributed by atoms with Gasteiger partial charge >= 0.3 is 0 Å². The molecule has 1 heterocycles. The van der Waals surface area contributed by atoms with Gasteiger partial charge in [0.1, 0.15) is 5.82 Å². The van der Waals surface area contributed by atoms with Gasteiger partial charge < -0.3 is 10.2 Å². The summed E-state index contributed by atoms with van der Waals surface area (Å²) >= 11 is 0. The molecule has 1 aromatic heterocycles. The SMILES string of the molecule is CNc1ccc(N(C)C(=O)Cc2ccccc2)cn1. The molecule has 0 saturated carbocycles. The van der Waals surface area contributed by atoms with E-state index in [4.69, 9.17) is 0 Å². The zero-order valence-corrected chi connectivity index (χ0v) is 11.1. The minimum absolute atomic E-state index is 0.0465. The maximum Gasteiger partial charge on any atom is 0.231 e. The molecule has 1 amide bonds. The average molecular weight is 255 g/mol. The van der Waals surface area contributed by atoms with Crippen molar-refractivity contribution >= 4 is 17.4 Å². The predicted octanol–water partition coefficient (Wildman–Crippen LogP) is 2.33. The first-order valence-corrected chi connectivity index (χ1v) is 6.15. The highest BCUT2D eigenvalue weighted by molar-refractivity contribution is 5.94. The van der Waals surface area contributed by atoms with Gasteiger partial charge in [0.05, 0.1) is 18.3 Å². The van der Waals surface area contributed by atoms with E-state index in [9.17, 15) is 4.79 Å². The van der Waals surface area contributed by atoms with Gasteiger partial charge in [-0.25, -0.2) is 4.98 Å². The summed E-state index contributed by atoms with van der Waals surface area (Å²) in [4.78, 5) is 18.0. The predicted molar refractivity (Wildman–Crippen MR) is 77.3 cm³/mol. The van der Waals surface area contributed by atoms with E-state index in [0.717, 1.165) is 17.1 Å². The number of nitrogens with zero attached hydrogens (tertiary/aromatic N) is 2. The molecule has 0 bridgehead atoms. The van der Waals surface area contributed by atoms with E-state index in [1.165, 1.54) is 0 Å². The van der Waals surface area contributed by atoms with Crippen LogP contribution in [0.1, 0.15) is 5.56 Å². The van der Waals surface area contributed by atoms with Gasteiger partial charge in [-0.15, -0.1) is 0 Å². The van der Waals surface area contributed by atoms with E-state index in [1.54, 1.807) is 18.1 Å². The van der Waals surface area contributed by atoms with Crippen LogP contribution in [-0.4, -0.2) is 25.0 Å². The first-order valence-electron chi connectivity index (χ1n) is 6.15. The van der Waals surface area contributed by atoms with Crippen LogP contribution in [0.3, 0.4) is 0 Å². The third-order valence-corrected chi connectivity index (χ3v) is 2.96. The van der Waals surface area contributed by atoms with Gasteiger partial charge in [0, 0.05) is 14.1 Å². The monoisotopic (exact) mass is 255 g/mol. The van der Waals surface area contributed by atoms with Crippen LogP contribution in [-0.2, 0) is 11.2 Å². The van der Waals surface area contributed by atoms with Gasteiger partial charge in [-0.05, 0) is 17.7 Å². The van der Waals surface area contributed by atoms with Gasteiger partial charge in [-0.3, -0.25) is 4.79 Å². The number of amides is 1. The molecule has 2 rings (SSSR count). The summed E-state index contributed by atoms with van der Waals surface area (Å²) in [5, 5.41) is 2.95. The molecule has 1 N–H and O–H groups in total. The Morgan fingerprint density at radius 1 is 1.21 bits per heavy atom. The molecule has 2 aromatic rings. The van der Waals surface area contributed by atoms with Crippen LogP contribution >= 0.6 is 0 Å². The molecule has 4 nitrogen and oxygen atoms in total. The first-order chi connectivity index (χ1) is 9.20. The lowest BCUT2D eigenvalue weighted by molar-refractivity contribution is -0.117. The Labute approximate surface area is 113 Å². The molecular formula is C15H17N3O. The maximum absolute atomic E-state index is 12.1. The van der Waals surface area contributed by atoms with Crippen molar-refractivity contribution in [3.63, 3.8) is 0 Å². The maximum atomic E-state index is 12.1. The molecule has 4 heteroatoms. The van der Waals surface area contributed by atoms with Crippen molar-refractivity contribution < 1.29 is 4.79 Å². The Hall–Kier alpha value is -2.36. The van der Waals surface area contributed by atoms with E-state index >= 15 is 0 Å².